The zero-order valence-electron chi connectivity index (χ0n) is 16.7. The number of aryl methyl sites for hydroxylation is 2. The van der Waals surface area contributed by atoms with Gasteiger partial charge in [0, 0.05) is 40.0 Å². The van der Waals surface area contributed by atoms with E-state index in [-0.39, 0.29) is 22.8 Å². The molecule has 0 saturated carbocycles. The van der Waals surface area contributed by atoms with Crippen molar-refractivity contribution in [3.8, 4) is 0 Å². The highest BCUT2D eigenvalue weighted by molar-refractivity contribution is 7.87. The first kappa shape index (κ1) is 22.6. The maximum Gasteiger partial charge on any atom is 0.211 e. The van der Waals surface area contributed by atoms with Gasteiger partial charge in [-0.3, -0.25) is 19.0 Å². The highest BCUT2D eigenvalue weighted by atomic mass is 32.2. The Labute approximate surface area is 171 Å². The second-order valence-corrected chi connectivity index (χ2v) is 9.20. The summed E-state index contributed by atoms with van der Waals surface area (Å²) in [5.41, 5.74) is 8.10. The molecule has 156 valence electrons. The molecule has 0 spiro atoms. The molecule has 0 fully saturated rings. The minimum Gasteiger partial charge on any atom is -0.386 e. The second-order valence-electron chi connectivity index (χ2n) is 7.15. The molecule has 0 radical (unpaired) electrons. The van der Waals surface area contributed by atoms with Crippen LogP contribution in [0.4, 0.5) is 14.5 Å². The normalized spacial score (nSPS) is 20.1. The number of halogens is 2. The highest BCUT2D eigenvalue weighted by Crippen LogP contribution is 2.32. The van der Waals surface area contributed by atoms with Crippen molar-refractivity contribution >= 4 is 28.7 Å². The molecule has 1 aliphatic heterocycles. The van der Waals surface area contributed by atoms with Crippen molar-refractivity contribution in [1.82, 2.24) is 4.98 Å². The van der Waals surface area contributed by atoms with E-state index in [0.29, 0.717) is 6.41 Å². The molecule has 2 heterocycles. The summed E-state index contributed by atoms with van der Waals surface area (Å²) < 4.78 is 38.9. The first-order chi connectivity index (χ1) is 13.6. The average Bonchev–Trinajstić information content (AvgIpc) is 2.66. The Hall–Kier alpha value is -2.68. The van der Waals surface area contributed by atoms with Gasteiger partial charge in [-0.15, -0.1) is 0 Å². The van der Waals surface area contributed by atoms with Crippen molar-refractivity contribution in [2.24, 2.45) is 10.7 Å². The number of anilines is 1. The number of amidine groups is 1. The van der Waals surface area contributed by atoms with Crippen LogP contribution in [0, 0.1) is 25.5 Å². The molecule has 0 aliphatic carbocycles. The fourth-order valence-electron chi connectivity index (χ4n) is 2.53. The molecule has 1 aromatic heterocycles. The molecule has 0 saturated heterocycles. The lowest BCUT2D eigenvalue weighted by Crippen LogP contribution is -2.47. The molecule has 3 rings (SSSR count). The van der Waals surface area contributed by atoms with Crippen molar-refractivity contribution in [1.29, 1.82) is 0 Å². The number of hydrogen-bond acceptors (Lipinski definition) is 5. The van der Waals surface area contributed by atoms with E-state index in [1.165, 1.54) is 11.6 Å². The Morgan fingerprint density at radius 3 is 2.48 bits per heavy atom. The van der Waals surface area contributed by atoms with Gasteiger partial charge in [-0.25, -0.2) is 8.78 Å². The van der Waals surface area contributed by atoms with Crippen LogP contribution in [-0.4, -0.2) is 31.9 Å². The summed E-state index contributed by atoms with van der Waals surface area (Å²) in [6, 6.07) is 5.35. The topological polar surface area (TPSA) is 97.4 Å². The Morgan fingerprint density at radius 2 is 1.97 bits per heavy atom. The maximum atomic E-state index is 14.0. The van der Waals surface area contributed by atoms with Gasteiger partial charge in [-0.1, -0.05) is 6.07 Å². The third kappa shape index (κ3) is 5.44. The molecule has 2 unspecified atom stereocenters. The standard InChI is InChI=1S/C13H15F2N3O2S.C7H9N/c1-13(2)12(16)18-10(5-21(13)20)8-3-7(17-6-19)4-9(14)11(8)15;1-6-3-4-7(2)8-5-6/h3-4,6,10H,5H2,1-2H3,(H2,16,18)(H,17,19);3-5H,1-2H3. The quantitative estimate of drug-likeness (QED) is 0.743. The van der Waals surface area contributed by atoms with E-state index in [1.807, 2.05) is 26.1 Å². The number of nitrogens with two attached hydrogens (primary N) is 1. The van der Waals surface area contributed by atoms with Crippen LogP contribution in [0.15, 0.2) is 35.5 Å². The number of amides is 1. The number of nitrogens with zero attached hydrogens (tertiary/aromatic N) is 2. The van der Waals surface area contributed by atoms with Gasteiger partial charge in [0.2, 0.25) is 6.41 Å². The van der Waals surface area contributed by atoms with Crippen molar-refractivity contribution in [2.45, 2.75) is 38.5 Å². The van der Waals surface area contributed by atoms with Crippen molar-refractivity contribution in [3.05, 3.63) is 58.9 Å². The maximum absolute atomic E-state index is 14.0. The Balaban J connectivity index is 0.000000313. The smallest absolute Gasteiger partial charge is 0.211 e. The van der Waals surface area contributed by atoms with Crippen LogP contribution >= 0.6 is 0 Å². The molecule has 29 heavy (non-hydrogen) atoms. The monoisotopic (exact) mass is 422 g/mol. The van der Waals surface area contributed by atoms with Crippen molar-refractivity contribution in [2.75, 3.05) is 11.1 Å². The SMILES string of the molecule is CC1(C)C(N)=NC(c2cc(NC=O)cc(F)c2F)CS1=O.Cc1ccc(C)nc1. The number of pyridine rings is 1. The fourth-order valence-corrected chi connectivity index (χ4v) is 3.78. The summed E-state index contributed by atoms with van der Waals surface area (Å²) in [7, 11) is -1.37. The van der Waals surface area contributed by atoms with E-state index in [1.54, 1.807) is 13.8 Å². The Kier molecular flexibility index (Phi) is 7.18. The van der Waals surface area contributed by atoms with Crippen molar-refractivity contribution in [3.63, 3.8) is 0 Å². The van der Waals surface area contributed by atoms with E-state index < -0.39 is 33.2 Å². The van der Waals surface area contributed by atoms with Gasteiger partial charge in [0.1, 0.15) is 5.84 Å². The van der Waals surface area contributed by atoms with E-state index in [4.69, 9.17) is 5.73 Å². The molecule has 1 aliphatic rings. The zero-order chi connectivity index (χ0) is 21.8. The molecule has 2 aromatic rings. The van der Waals surface area contributed by atoms with Gasteiger partial charge < -0.3 is 11.1 Å². The molecular formula is C20H24F2N4O2S. The van der Waals surface area contributed by atoms with Gasteiger partial charge in [0.15, 0.2) is 11.6 Å². The molecule has 9 heteroatoms. The fraction of sp³-hybridized carbons (Fsp3) is 0.350. The molecule has 3 N–H and O–H groups in total. The number of benzene rings is 1. The largest absolute Gasteiger partial charge is 0.386 e. The Bertz CT molecular complexity index is 925. The van der Waals surface area contributed by atoms with Crippen LogP contribution < -0.4 is 11.1 Å². The molecule has 2 atom stereocenters. The molecule has 0 bridgehead atoms. The van der Waals surface area contributed by atoms with Crippen LogP contribution in [0.1, 0.15) is 36.7 Å². The third-order valence-electron chi connectivity index (χ3n) is 4.49. The van der Waals surface area contributed by atoms with Gasteiger partial charge in [-0.05, 0) is 45.4 Å². The summed E-state index contributed by atoms with van der Waals surface area (Å²) >= 11 is 0. The summed E-state index contributed by atoms with van der Waals surface area (Å²) in [6.45, 7) is 7.38. The van der Waals surface area contributed by atoms with Crippen LogP contribution in [0.2, 0.25) is 0 Å². The van der Waals surface area contributed by atoms with E-state index in [0.717, 1.165) is 11.8 Å². The van der Waals surface area contributed by atoms with Crippen LogP contribution in [0.5, 0.6) is 0 Å². The number of carbonyl (C=O) groups is 1. The number of aliphatic imine (C=N–C) groups is 1. The molecule has 1 aromatic carbocycles. The number of hydrogen-bond donors (Lipinski definition) is 2. The lowest BCUT2D eigenvalue weighted by atomic mass is 10.1. The second kappa shape index (κ2) is 9.21. The predicted molar refractivity (Wildman–Crippen MR) is 111 cm³/mol. The van der Waals surface area contributed by atoms with E-state index >= 15 is 0 Å². The number of nitrogens with one attached hydrogen (secondary N) is 1. The highest BCUT2D eigenvalue weighted by Gasteiger charge is 2.38. The van der Waals surface area contributed by atoms with Gasteiger partial charge >= 0.3 is 0 Å². The Morgan fingerprint density at radius 1 is 1.28 bits per heavy atom. The van der Waals surface area contributed by atoms with Crippen molar-refractivity contribution < 1.29 is 17.8 Å². The minimum atomic E-state index is -1.37. The van der Waals surface area contributed by atoms with E-state index in [9.17, 15) is 17.8 Å². The molecular weight excluding hydrogens is 398 g/mol. The summed E-state index contributed by atoms with van der Waals surface area (Å²) in [5.74, 6) is -2.02. The summed E-state index contributed by atoms with van der Waals surface area (Å²) in [4.78, 5) is 18.6. The summed E-state index contributed by atoms with van der Waals surface area (Å²) in [6.07, 6.45) is 2.23. The first-order valence-corrected chi connectivity index (χ1v) is 10.2. The number of carbonyl (C=O) groups excluding carboxylic acids is 1. The summed E-state index contributed by atoms with van der Waals surface area (Å²) in [5, 5.41) is 2.25. The zero-order valence-corrected chi connectivity index (χ0v) is 17.5. The van der Waals surface area contributed by atoms with Crippen LogP contribution in [-0.2, 0) is 15.6 Å². The molecule has 6 nitrogen and oxygen atoms in total. The van der Waals surface area contributed by atoms with Gasteiger partial charge in [0.25, 0.3) is 0 Å². The number of aromatic nitrogens is 1. The first-order valence-electron chi connectivity index (χ1n) is 8.87. The van der Waals surface area contributed by atoms with Gasteiger partial charge in [0.05, 0.1) is 16.5 Å². The van der Waals surface area contributed by atoms with Crippen LogP contribution in [0.25, 0.3) is 0 Å². The third-order valence-corrected chi connectivity index (χ3v) is 6.46. The van der Waals surface area contributed by atoms with E-state index in [2.05, 4.69) is 21.4 Å². The van der Waals surface area contributed by atoms with Gasteiger partial charge in [-0.2, -0.15) is 0 Å². The lowest BCUT2D eigenvalue weighted by Gasteiger charge is -2.31. The molecule has 1 amide bonds. The number of rotatable bonds is 3. The minimum absolute atomic E-state index is 0.0363. The lowest BCUT2D eigenvalue weighted by molar-refractivity contribution is -0.105. The van der Waals surface area contributed by atoms with Crippen LogP contribution in [0.3, 0.4) is 0 Å². The average molecular weight is 423 g/mol. The predicted octanol–water partition coefficient (Wildman–Crippen LogP) is 3.17.